The van der Waals surface area contributed by atoms with E-state index in [1.54, 1.807) is 0 Å². The van der Waals surface area contributed by atoms with Crippen LogP contribution in [0.3, 0.4) is 0 Å². The third kappa shape index (κ3) is 5.45. The van der Waals surface area contributed by atoms with E-state index in [1.807, 2.05) is 39.0 Å². The van der Waals surface area contributed by atoms with Gasteiger partial charge < -0.3 is 10.5 Å². The SMILES string of the molecule is Cc1ccc(NC(=O)OCC(C)C)cc1C#CCN. The van der Waals surface area contributed by atoms with Gasteiger partial charge >= 0.3 is 6.09 Å². The molecule has 1 aromatic rings. The van der Waals surface area contributed by atoms with Crippen LogP contribution in [0.1, 0.15) is 25.0 Å². The molecule has 0 aromatic heterocycles. The fourth-order valence-corrected chi connectivity index (χ4v) is 1.38. The summed E-state index contributed by atoms with van der Waals surface area (Å²) in [6.07, 6.45) is -0.449. The Morgan fingerprint density at radius 1 is 1.47 bits per heavy atom. The van der Waals surface area contributed by atoms with Crippen LogP contribution in [-0.4, -0.2) is 19.2 Å². The van der Waals surface area contributed by atoms with Gasteiger partial charge in [-0.1, -0.05) is 31.8 Å². The van der Waals surface area contributed by atoms with Gasteiger partial charge in [0.25, 0.3) is 0 Å². The number of anilines is 1. The zero-order valence-corrected chi connectivity index (χ0v) is 11.6. The zero-order valence-electron chi connectivity index (χ0n) is 11.6. The molecule has 3 N–H and O–H groups in total. The van der Waals surface area contributed by atoms with Crippen molar-refractivity contribution >= 4 is 11.8 Å². The molecule has 4 nitrogen and oxygen atoms in total. The van der Waals surface area contributed by atoms with E-state index in [0.717, 1.165) is 11.1 Å². The average Bonchev–Trinajstić information content (AvgIpc) is 2.37. The van der Waals surface area contributed by atoms with Crippen LogP contribution in [0.15, 0.2) is 18.2 Å². The van der Waals surface area contributed by atoms with Gasteiger partial charge in [-0.25, -0.2) is 4.79 Å². The molecule has 0 aliphatic heterocycles. The van der Waals surface area contributed by atoms with Gasteiger partial charge in [0.05, 0.1) is 13.2 Å². The number of ether oxygens (including phenoxy) is 1. The molecule has 0 aliphatic carbocycles. The number of amides is 1. The summed E-state index contributed by atoms with van der Waals surface area (Å²) in [6, 6.07) is 5.53. The van der Waals surface area contributed by atoms with E-state index >= 15 is 0 Å². The lowest BCUT2D eigenvalue weighted by molar-refractivity contribution is 0.147. The summed E-state index contributed by atoms with van der Waals surface area (Å²) in [6.45, 7) is 6.64. The molecule has 0 spiro atoms. The van der Waals surface area contributed by atoms with Crippen LogP contribution in [-0.2, 0) is 4.74 Å². The monoisotopic (exact) mass is 260 g/mol. The van der Waals surface area contributed by atoms with Crippen molar-refractivity contribution in [1.29, 1.82) is 0 Å². The summed E-state index contributed by atoms with van der Waals surface area (Å²) in [4.78, 5) is 11.5. The third-order valence-corrected chi connectivity index (χ3v) is 2.36. The predicted molar refractivity (Wildman–Crippen MR) is 76.9 cm³/mol. The molecular weight excluding hydrogens is 240 g/mol. The van der Waals surface area contributed by atoms with E-state index in [9.17, 15) is 4.79 Å². The molecule has 0 saturated carbocycles. The number of carbonyl (C=O) groups is 1. The molecule has 102 valence electrons. The lowest BCUT2D eigenvalue weighted by Crippen LogP contribution is -2.16. The van der Waals surface area contributed by atoms with Crippen molar-refractivity contribution in [2.45, 2.75) is 20.8 Å². The molecule has 0 saturated heterocycles. The van der Waals surface area contributed by atoms with Crippen LogP contribution in [0.2, 0.25) is 0 Å². The second-order valence-corrected chi connectivity index (χ2v) is 4.65. The molecule has 0 fully saturated rings. The Morgan fingerprint density at radius 3 is 2.84 bits per heavy atom. The van der Waals surface area contributed by atoms with Gasteiger partial charge in [-0.05, 0) is 30.5 Å². The van der Waals surface area contributed by atoms with Crippen molar-refractivity contribution in [2.24, 2.45) is 11.7 Å². The fourth-order valence-electron chi connectivity index (χ4n) is 1.38. The molecule has 1 aromatic carbocycles. The third-order valence-electron chi connectivity index (χ3n) is 2.36. The first kappa shape index (κ1) is 15.1. The Hall–Kier alpha value is -1.99. The van der Waals surface area contributed by atoms with Crippen LogP contribution >= 0.6 is 0 Å². The van der Waals surface area contributed by atoms with Crippen molar-refractivity contribution in [3.8, 4) is 11.8 Å². The molecule has 0 heterocycles. The number of hydrogen-bond acceptors (Lipinski definition) is 3. The largest absolute Gasteiger partial charge is 0.449 e. The summed E-state index contributed by atoms with van der Waals surface area (Å²) in [7, 11) is 0. The lowest BCUT2D eigenvalue weighted by Gasteiger charge is -2.09. The Bertz CT molecular complexity index is 499. The molecular formula is C15H20N2O2. The number of nitrogens with one attached hydrogen (secondary N) is 1. The first-order valence-electron chi connectivity index (χ1n) is 6.26. The fraction of sp³-hybridized carbons (Fsp3) is 0.400. The van der Waals surface area contributed by atoms with Crippen LogP contribution in [0, 0.1) is 24.7 Å². The lowest BCUT2D eigenvalue weighted by atomic mass is 10.1. The minimum Gasteiger partial charge on any atom is -0.449 e. The van der Waals surface area contributed by atoms with Gasteiger partial charge in [-0.15, -0.1) is 0 Å². The van der Waals surface area contributed by atoms with Crippen LogP contribution in [0.25, 0.3) is 0 Å². The van der Waals surface area contributed by atoms with Crippen molar-refractivity contribution in [3.05, 3.63) is 29.3 Å². The van der Waals surface area contributed by atoms with Gasteiger partial charge in [0.1, 0.15) is 0 Å². The molecule has 1 rings (SSSR count). The van der Waals surface area contributed by atoms with E-state index in [2.05, 4.69) is 17.2 Å². The highest BCUT2D eigenvalue weighted by molar-refractivity contribution is 5.85. The summed E-state index contributed by atoms with van der Waals surface area (Å²) in [5, 5.41) is 2.68. The van der Waals surface area contributed by atoms with Gasteiger partial charge in [-0.3, -0.25) is 5.32 Å². The molecule has 19 heavy (non-hydrogen) atoms. The first-order chi connectivity index (χ1) is 9.02. The van der Waals surface area contributed by atoms with E-state index in [1.165, 1.54) is 0 Å². The highest BCUT2D eigenvalue weighted by Crippen LogP contribution is 2.14. The smallest absolute Gasteiger partial charge is 0.411 e. The van der Waals surface area contributed by atoms with Gasteiger partial charge in [0, 0.05) is 11.3 Å². The highest BCUT2D eigenvalue weighted by Gasteiger charge is 2.05. The Kier molecular flexibility index (Phi) is 5.91. The second kappa shape index (κ2) is 7.45. The number of hydrogen-bond donors (Lipinski definition) is 2. The molecule has 1 amide bonds. The highest BCUT2D eigenvalue weighted by atomic mass is 16.5. The molecule has 0 radical (unpaired) electrons. The Morgan fingerprint density at radius 2 is 2.21 bits per heavy atom. The first-order valence-corrected chi connectivity index (χ1v) is 6.26. The normalized spacial score (nSPS) is 9.74. The molecule has 0 unspecified atom stereocenters. The number of nitrogens with two attached hydrogens (primary N) is 1. The number of aryl methyl sites for hydroxylation is 1. The van der Waals surface area contributed by atoms with Crippen LogP contribution < -0.4 is 11.1 Å². The van der Waals surface area contributed by atoms with Gasteiger partial charge in [0.15, 0.2) is 0 Å². The number of carbonyl (C=O) groups excluding carboxylic acids is 1. The number of benzene rings is 1. The van der Waals surface area contributed by atoms with E-state index in [4.69, 9.17) is 10.5 Å². The number of rotatable bonds is 3. The summed E-state index contributed by atoms with van der Waals surface area (Å²) in [5.74, 6) is 6.08. The maximum Gasteiger partial charge on any atom is 0.411 e. The summed E-state index contributed by atoms with van der Waals surface area (Å²) >= 11 is 0. The van der Waals surface area contributed by atoms with Gasteiger partial charge in [0.2, 0.25) is 0 Å². The quantitative estimate of drug-likeness (QED) is 0.821. The van der Waals surface area contributed by atoms with E-state index in [-0.39, 0.29) is 0 Å². The molecule has 0 bridgehead atoms. The maximum absolute atomic E-state index is 11.5. The van der Waals surface area contributed by atoms with Crippen LogP contribution in [0.5, 0.6) is 0 Å². The average molecular weight is 260 g/mol. The van der Waals surface area contributed by atoms with Crippen LogP contribution in [0.4, 0.5) is 10.5 Å². The standard InChI is InChI=1S/C15H20N2O2/c1-11(2)10-19-15(18)17-14-7-6-12(3)13(9-14)5-4-8-16/h6-7,9,11H,8,10,16H2,1-3H3,(H,17,18). The summed E-state index contributed by atoms with van der Waals surface area (Å²) in [5.41, 5.74) is 7.91. The molecule has 0 atom stereocenters. The minimum atomic E-state index is -0.449. The van der Waals surface area contributed by atoms with E-state index in [0.29, 0.717) is 24.8 Å². The van der Waals surface area contributed by atoms with Crippen molar-refractivity contribution in [2.75, 3.05) is 18.5 Å². The Balaban J connectivity index is 2.71. The predicted octanol–water partition coefficient (Wildman–Crippen LogP) is 2.51. The van der Waals surface area contributed by atoms with Crippen molar-refractivity contribution in [1.82, 2.24) is 0 Å². The molecule has 4 heteroatoms. The van der Waals surface area contributed by atoms with Gasteiger partial charge in [-0.2, -0.15) is 0 Å². The maximum atomic E-state index is 11.5. The van der Waals surface area contributed by atoms with Crippen molar-refractivity contribution < 1.29 is 9.53 Å². The summed E-state index contributed by atoms with van der Waals surface area (Å²) < 4.78 is 5.05. The Labute approximate surface area is 114 Å². The second-order valence-electron chi connectivity index (χ2n) is 4.65. The molecule has 0 aliphatic rings. The van der Waals surface area contributed by atoms with E-state index < -0.39 is 6.09 Å². The van der Waals surface area contributed by atoms with Crippen molar-refractivity contribution in [3.63, 3.8) is 0 Å². The minimum absolute atomic E-state index is 0.313. The topological polar surface area (TPSA) is 64.3 Å². The zero-order chi connectivity index (χ0) is 14.3.